The van der Waals surface area contributed by atoms with Crippen LogP contribution in [0.5, 0.6) is 0 Å². The van der Waals surface area contributed by atoms with Gasteiger partial charge in [-0.05, 0) is 13.0 Å². The number of aliphatic hydroxyl groups excluding tert-OH is 1. The Labute approximate surface area is 103 Å². The van der Waals surface area contributed by atoms with Gasteiger partial charge in [0, 0.05) is 6.20 Å². The number of hydrogen-bond donors (Lipinski definition) is 4. The Bertz CT molecular complexity index is 410. The summed E-state index contributed by atoms with van der Waals surface area (Å²) in [4.78, 5) is 29.7. The molecule has 1 rings (SSSR count). The van der Waals surface area contributed by atoms with Gasteiger partial charge >= 0.3 is 12.0 Å². The Hall–Kier alpha value is -2.22. The number of aliphatic carboxylic acids is 1. The second kappa shape index (κ2) is 6.50. The summed E-state index contributed by atoms with van der Waals surface area (Å²) in [5.41, 5.74) is 0.587. The molecule has 98 valence electrons. The summed E-state index contributed by atoms with van der Waals surface area (Å²) in [6.45, 7) is 1.42. The first-order valence-corrected chi connectivity index (χ1v) is 5.21. The minimum atomic E-state index is -1.35. The van der Waals surface area contributed by atoms with E-state index in [1.54, 1.807) is 6.07 Å². The van der Waals surface area contributed by atoms with Gasteiger partial charge in [0.25, 0.3) is 0 Å². The molecule has 0 radical (unpaired) electrons. The van der Waals surface area contributed by atoms with E-state index in [1.807, 2.05) is 0 Å². The number of hydrogen-bond acceptors (Lipinski definition) is 5. The van der Waals surface area contributed by atoms with Crippen molar-refractivity contribution in [1.82, 2.24) is 20.6 Å². The lowest BCUT2D eigenvalue weighted by atomic mass is 10.2. The zero-order valence-electron chi connectivity index (χ0n) is 9.70. The van der Waals surface area contributed by atoms with Crippen molar-refractivity contribution in [3.05, 3.63) is 24.3 Å². The third kappa shape index (κ3) is 4.34. The smallest absolute Gasteiger partial charge is 0.328 e. The molecule has 2 unspecified atom stereocenters. The van der Waals surface area contributed by atoms with Gasteiger partial charge in [0.15, 0.2) is 6.04 Å². The molecule has 8 nitrogen and oxygen atoms in total. The van der Waals surface area contributed by atoms with E-state index in [1.165, 1.54) is 19.4 Å². The number of aromatic nitrogens is 2. The van der Waals surface area contributed by atoms with Crippen molar-refractivity contribution in [2.24, 2.45) is 0 Å². The average molecular weight is 254 g/mol. The molecule has 8 heteroatoms. The van der Waals surface area contributed by atoms with Gasteiger partial charge in [-0.2, -0.15) is 0 Å². The summed E-state index contributed by atoms with van der Waals surface area (Å²) in [6, 6.07) is -0.429. The Morgan fingerprint density at radius 3 is 2.72 bits per heavy atom. The number of nitrogens with zero attached hydrogens (tertiary/aromatic N) is 2. The molecule has 0 fully saturated rings. The van der Waals surface area contributed by atoms with Crippen LogP contribution in [0, 0.1) is 0 Å². The summed E-state index contributed by atoms with van der Waals surface area (Å²) >= 11 is 0. The molecule has 4 N–H and O–H groups in total. The van der Waals surface area contributed by atoms with Gasteiger partial charge in [-0.3, -0.25) is 0 Å². The number of carboxylic acid groups (broad SMARTS) is 1. The van der Waals surface area contributed by atoms with Crippen molar-refractivity contribution in [2.75, 3.05) is 0 Å². The fourth-order valence-electron chi connectivity index (χ4n) is 1.17. The Morgan fingerprint density at radius 2 is 2.22 bits per heavy atom. The van der Waals surface area contributed by atoms with Crippen LogP contribution in [0.25, 0.3) is 0 Å². The quantitative estimate of drug-likeness (QED) is 0.540. The molecular formula is C10H14N4O4. The molecule has 0 spiro atoms. The van der Waals surface area contributed by atoms with Crippen LogP contribution in [-0.2, 0) is 11.3 Å². The molecule has 0 aromatic carbocycles. The number of rotatable bonds is 5. The predicted molar refractivity (Wildman–Crippen MR) is 60.5 cm³/mol. The largest absolute Gasteiger partial charge is 0.480 e. The van der Waals surface area contributed by atoms with Crippen LogP contribution in [0.2, 0.25) is 0 Å². The van der Waals surface area contributed by atoms with Crippen LogP contribution in [0.1, 0.15) is 12.6 Å². The summed E-state index contributed by atoms with van der Waals surface area (Å²) in [6.07, 6.45) is 1.68. The number of nitrogens with one attached hydrogen (secondary N) is 2. The van der Waals surface area contributed by atoms with Gasteiger partial charge in [0.05, 0.1) is 18.3 Å². The van der Waals surface area contributed by atoms with Crippen molar-refractivity contribution in [3.63, 3.8) is 0 Å². The van der Waals surface area contributed by atoms with Crippen molar-refractivity contribution in [3.8, 4) is 0 Å². The summed E-state index contributed by atoms with van der Waals surface area (Å²) in [5, 5.41) is 22.5. The minimum absolute atomic E-state index is 0.139. The molecule has 1 heterocycles. The Kier molecular flexibility index (Phi) is 5.00. The van der Waals surface area contributed by atoms with Crippen LogP contribution >= 0.6 is 0 Å². The molecular weight excluding hydrogens is 240 g/mol. The minimum Gasteiger partial charge on any atom is -0.480 e. The van der Waals surface area contributed by atoms with E-state index < -0.39 is 24.1 Å². The molecule has 2 atom stereocenters. The molecule has 0 bridgehead atoms. The normalized spacial score (nSPS) is 13.4. The van der Waals surface area contributed by atoms with Crippen LogP contribution in [-0.4, -0.2) is 44.3 Å². The fraction of sp³-hybridized carbons (Fsp3) is 0.400. The molecule has 0 saturated heterocycles. The van der Waals surface area contributed by atoms with E-state index >= 15 is 0 Å². The van der Waals surface area contributed by atoms with Crippen molar-refractivity contribution in [2.45, 2.75) is 25.6 Å². The molecule has 0 aliphatic heterocycles. The van der Waals surface area contributed by atoms with Gasteiger partial charge in [0.2, 0.25) is 0 Å². The molecule has 0 aliphatic rings. The highest BCUT2D eigenvalue weighted by atomic mass is 16.4. The van der Waals surface area contributed by atoms with Gasteiger partial charge in [-0.25, -0.2) is 19.6 Å². The van der Waals surface area contributed by atoms with Crippen molar-refractivity contribution < 1.29 is 19.8 Å². The number of carbonyl (C=O) groups excluding carboxylic acids is 1. The topological polar surface area (TPSA) is 124 Å². The van der Waals surface area contributed by atoms with E-state index in [0.717, 1.165) is 0 Å². The summed E-state index contributed by atoms with van der Waals surface area (Å²) in [5.74, 6) is -1.30. The first-order chi connectivity index (χ1) is 8.50. The third-order valence-electron chi connectivity index (χ3n) is 2.11. The van der Waals surface area contributed by atoms with Gasteiger partial charge in [-0.15, -0.1) is 0 Å². The van der Waals surface area contributed by atoms with Crippen molar-refractivity contribution >= 4 is 12.0 Å². The molecule has 0 saturated carbocycles. The van der Waals surface area contributed by atoms with Gasteiger partial charge in [0.1, 0.15) is 6.33 Å². The molecule has 1 aromatic heterocycles. The molecule has 2 amide bonds. The number of urea groups is 1. The van der Waals surface area contributed by atoms with Crippen molar-refractivity contribution in [1.29, 1.82) is 0 Å². The Balaban J connectivity index is 2.44. The zero-order valence-corrected chi connectivity index (χ0v) is 9.70. The average Bonchev–Trinajstić information content (AvgIpc) is 2.34. The second-order valence-corrected chi connectivity index (χ2v) is 3.58. The lowest BCUT2D eigenvalue weighted by molar-refractivity contribution is -0.141. The lowest BCUT2D eigenvalue weighted by Crippen LogP contribution is -2.51. The monoisotopic (exact) mass is 254 g/mol. The van der Waals surface area contributed by atoms with Crippen LogP contribution in [0.4, 0.5) is 4.79 Å². The highest BCUT2D eigenvalue weighted by Crippen LogP contribution is 1.94. The number of aliphatic hydroxyl groups is 1. The van der Waals surface area contributed by atoms with E-state index in [4.69, 9.17) is 5.11 Å². The third-order valence-corrected chi connectivity index (χ3v) is 2.11. The van der Waals surface area contributed by atoms with Crippen LogP contribution in [0.3, 0.4) is 0 Å². The van der Waals surface area contributed by atoms with Gasteiger partial charge in [-0.1, -0.05) is 0 Å². The van der Waals surface area contributed by atoms with E-state index in [2.05, 4.69) is 20.6 Å². The Morgan fingerprint density at radius 1 is 1.50 bits per heavy atom. The summed E-state index contributed by atoms with van der Waals surface area (Å²) < 4.78 is 0. The number of amides is 2. The predicted octanol–water partition coefficient (Wildman–Crippen LogP) is -0.890. The maximum Gasteiger partial charge on any atom is 0.328 e. The fourth-order valence-corrected chi connectivity index (χ4v) is 1.17. The molecule has 18 heavy (non-hydrogen) atoms. The summed E-state index contributed by atoms with van der Waals surface area (Å²) in [7, 11) is 0. The number of carbonyl (C=O) groups is 2. The first-order valence-electron chi connectivity index (χ1n) is 5.21. The van der Waals surface area contributed by atoms with E-state index in [0.29, 0.717) is 5.69 Å². The SMILES string of the molecule is CC(O)C(NC(=O)NCc1ccncn1)C(=O)O. The highest BCUT2D eigenvalue weighted by molar-refractivity contribution is 5.82. The van der Waals surface area contributed by atoms with Crippen LogP contribution < -0.4 is 10.6 Å². The highest BCUT2D eigenvalue weighted by Gasteiger charge is 2.24. The zero-order chi connectivity index (χ0) is 13.5. The van der Waals surface area contributed by atoms with E-state index in [9.17, 15) is 14.7 Å². The first kappa shape index (κ1) is 13.8. The second-order valence-electron chi connectivity index (χ2n) is 3.58. The lowest BCUT2D eigenvalue weighted by Gasteiger charge is -2.17. The van der Waals surface area contributed by atoms with E-state index in [-0.39, 0.29) is 6.54 Å². The van der Waals surface area contributed by atoms with Gasteiger partial charge < -0.3 is 20.8 Å². The number of carboxylic acids is 1. The standard InChI is InChI=1S/C10H14N4O4/c1-6(15)8(9(16)17)14-10(18)12-4-7-2-3-11-5-13-7/h2-3,5-6,8,15H,4H2,1H3,(H,16,17)(H2,12,14,18). The maximum absolute atomic E-state index is 11.4. The van der Waals surface area contributed by atoms with Crippen LogP contribution in [0.15, 0.2) is 18.6 Å². The molecule has 0 aliphatic carbocycles. The maximum atomic E-state index is 11.4. The molecule has 1 aromatic rings.